The molecule has 3 N–H and O–H groups in total. The van der Waals surface area contributed by atoms with Crippen LogP contribution < -0.4 is 20.7 Å². The van der Waals surface area contributed by atoms with Gasteiger partial charge in [-0.1, -0.05) is 17.7 Å². The predicted molar refractivity (Wildman–Crippen MR) is 123 cm³/mol. The monoisotopic (exact) mass is 470 g/mol. The van der Waals surface area contributed by atoms with E-state index in [1.54, 1.807) is 11.9 Å². The second-order valence-electron chi connectivity index (χ2n) is 7.49. The van der Waals surface area contributed by atoms with Gasteiger partial charge in [0.1, 0.15) is 5.02 Å². The zero-order chi connectivity index (χ0) is 23.5. The summed E-state index contributed by atoms with van der Waals surface area (Å²) in [5, 5.41) is 12.9. The summed E-state index contributed by atoms with van der Waals surface area (Å²) < 4.78 is 6.69. The SMILES string of the molecule is CNC(=O)Oc1cnn(C)c1Nc1nc(Nc2ccc3c(c2)CC(=O)N(C)CC3)ncc1Cl. The van der Waals surface area contributed by atoms with E-state index in [1.165, 1.54) is 24.1 Å². The molecule has 0 spiro atoms. The molecule has 3 aromatic rings. The first-order valence-corrected chi connectivity index (χ1v) is 10.6. The summed E-state index contributed by atoms with van der Waals surface area (Å²) in [5.41, 5.74) is 2.88. The van der Waals surface area contributed by atoms with Gasteiger partial charge in [0.25, 0.3) is 0 Å². The number of halogens is 1. The fourth-order valence-electron chi connectivity index (χ4n) is 3.36. The maximum Gasteiger partial charge on any atom is 0.412 e. The second kappa shape index (κ2) is 9.33. The van der Waals surface area contributed by atoms with Crippen LogP contribution in [0.5, 0.6) is 5.75 Å². The number of carbonyl (C=O) groups excluding carboxylic acids is 2. The molecule has 0 saturated carbocycles. The summed E-state index contributed by atoms with van der Waals surface area (Å²) in [6.45, 7) is 0.702. The highest BCUT2D eigenvalue weighted by molar-refractivity contribution is 6.32. The molecule has 0 fully saturated rings. The molecule has 2 aromatic heterocycles. The van der Waals surface area contributed by atoms with Gasteiger partial charge in [0.2, 0.25) is 11.9 Å². The lowest BCUT2D eigenvalue weighted by Gasteiger charge is -2.13. The van der Waals surface area contributed by atoms with E-state index in [0.717, 1.165) is 23.2 Å². The van der Waals surface area contributed by atoms with Crippen LogP contribution in [0.1, 0.15) is 11.1 Å². The Labute approximate surface area is 195 Å². The van der Waals surface area contributed by atoms with Crippen molar-refractivity contribution in [2.24, 2.45) is 7.05 Å². The fraction of sp³-hybridized carbons (Fsp3) is 0.286. The van der Waals surface area contributed by atoms with Crippen LogP contribution in [0, 0.1) is 0 Å². The van der Waals surface area contributed by atoms with E-state index in [2.05, 4.69) is 31.0 Å². The zero-order valence-electron chi connectivity index (χ0n) is 18.3. The van der Waals surface area contributed by atoms with Gasteiger partial charge in [-0.25, -0.2) is 14.5 Å². The number of carbonyl (C=O) groups is 2. The number of ether oxygens (including phenoxy) is 1. The van der Waals surface area contributed by atoms with Gasteiger partial charge in [0.15, 0.2) is 17.4 Å². The molecule has 3 heterocycles. The number of anilines is 4. The number of nitrogens with zero attached hydrogens (tertiary/aromatic N) is 5. The summed E-state index contributed by atoms with van der Waals surface area (Å²) in [6.07, 6.45) is 3.39. The predicted octanol–water partition coefficient (Wildman–Crippen LogP) is 2.63. The number of fused-ring (bicyclic) bond motifs is 1. The van der Waals surface area contributed by atoms with Gasteiger partial charge in [-0.05, 0) is 29.7 Å². The van der Waals surface area contributed by atoms with Gasteiger partial charge in [-0.15, -0.1) is 0 Å². The van der Waals surface area contributed by atoms with Gasteiger partial charge < -0.3 is 25.6 Å². The lowest BCUT2D eigenvalue weighted by molar-refractivity contribution is -0.128. The Morgan fingerprint density at radius 3 is 2.79 bits per heavy atom. The summed E-state index contributed by atoms with van der Waals surface area (Å²) in [5.74, 6) is 1.28. The maximum absolute atomic E-state index is 12.2. The van der Waals surface area contributed by atoms with Crippen molar-refractivity contribution in [2.75, 3.05) is 31.3 Å². The van der Waals surface area contributed by atoms with E-state index in [-0.39, 0.29) is 16.7 Å². The Morgan fingerprint density at radius 2 is 2.00 bits per heavy atom. The number of aryl methyl sites for hydroxylation is 1. The molecule has 0 atom stereocenters. The molecular weight excluding hydrogens is 448 g/mol. The van der Waals surface area contributed by atoms with Crippen LogP contribution in [0.4, 0.5) is 28.1 Å². The van der Waals surface area contributed by atoms with Crippen molar-refractivity contribution in [1.29, 1.82) is 0 Å². The van der Waals surface area contributed by atoms with Crippen LogP contribution >= 0.6 is 11.6 Å². The second-order valence-corrected chi connectivity index (χ2v) is 7.89. The van der Waals surface area contributed by atoms with Gasteiger partial charge >= 0.3 is 6.09 Å². The van der Waals surface area contributed by atoms with Crippen LogP contribution in [-0.4, -0.2) is 57.3 Å². The first-order chi connectivity index (χ1) is 15.8. The van der Waals surface area contributed by atoms with Crippen molar-refractivity contribution in [3.05, 3.63) is 46.7 Å². The van der Waals surface area contributed by atoms with Crippen LogP contribution in [0.25, 0.3) is 0 Å². The van der Waals surface area contributed by atoms with Crippen LogP contribution in [0.3, 0.4) is 0 Å². The summed E-state index contributed by atoms with van der Waals surface area (Å²) >= 11 is 6.29. The lowest BCUT2D eigenvalue weighted by Crippen LogP contribution is -2.27. The zero-order valence-corrected chi connectivity index (χ0v) is 19.1. The molecule has 12 heteroatoms. The van der Waals surface area contributed by atoms with E-state index >= 15 is 0 Å². The largest absolute Gasteiger partial charge is 0.412 e. The fourth-order valence-corrected chi connectivity index (χ4v) is 3.50. The third kappa shape index (κ3) is 4.98. The molecule has 1 aliphatic heterocycles. The standard InChI is InChI=1S/C21H23ClN8O3/c1-23-21(32)33-16-11-25-30(3)19(16)27-18-15(22)10-24-20(28-18)26-14-5-4-12-6-7-29(2)17(31)9-13(12)8-14/h4-5,8,10-11H,6-7,9H2,1-3H3,(H,23,32)(H2,24,26,27,28). The van der Waals surface area contributed by atoms with Crippen LogP contribution in [0.2, 0.25) is 5.02 Å². The number of aromatic nitrogens is 4. The Hall–Kier alpha value is -3.86. The molecule has 2 amide bonds. The minimum absolute atomic E-state index is 0.0890. The number of amides is 2. The molecular formula is C21H23ClN8O3. The molecule has 1 aliphatic rings. The highest BCUT2D eigenvalue weighted by Gasteiger charge is 2.19. The maximum atomic E-state index is 12.2. The first-order valence-electron chi connectivity index (χ1n) is 10.2. The normalized spacial score (nSPS) is 13.2. The Balaban J connectivity index is 1.56. The van der Waals surface area contributed by atoms with Crippen molar-refractivity contribution in [3.63, 3.8) is 0 Å². The molecule has 11 nitrogen and oxygen atoms in total. The minimum atomic E-state index is -0.630. The van der Waals surface area contributed by atoms with Crippen molar-refractivity contribution in [2.45, 2.75) is 12.8 Å². The average Bonchev–Trinajstić information content (AvgIpc) is 3.06. The summed E-state index contributed by atoms with van der Waals surface area (Å²) in [4.78, 5) is 34.3. The quantitative estimate of drug-likeness (QED) is 0.519. The Morgan fingerprint density at radius 1 is 1.18 bits per heavy atom. The molecule has 0 saturated heterocycles. The number of rotatable bonds is 5. The Bertz CT molecular complexity index is 1210. The third-order valence-electron chi connectivity index (χ3n) is 5.24. The molecule has 4 rings (SSSR count). The van der Waals surface area contributed by atoms with Gasteiger partial charge in [-0.2, -0.15) is 10.1 Å². The number of nitrogens with one attached hydrogen (secondary N) is 3. The van der Waals surface area contributed by atoms with E-state index in [1.807, 2.05) is 25.2 Å². The van der Waals surface area contributed by atoms with Gasteiger partial charge in [-0.3, -0.25) is 4.79 Å². The highest BCUT2D eigenvalue weighted by Crippen LogP contribution is 2.30. The molecule has 0 radical (unpaired) electrons. The van der Waals surface area contributed by atoms with E-state index in [9.17, 15) is 9.59 Å². The average molecular weight is 471 g/mol. The van der Waals surface area contributed by atoms with Crippen LogP contribution in [0.15, 0.2) is 30.6 Å². The van der Waals surface area contributed by atoms with E-state index < -0.39 is 6.09 Å². The number of benzene rings is 1. The molecule has 0 aliphatic carbocycles. The highest BCUT2D eigenvalue weighted by atomic mass is 35.5. The molecule has 1 aromatic carbocycles. The molecule has 33 heavy (non-hydrogen) atoms. The number of hydrogen-bond donors (Lipinski definition) is 3. The van der Waals surface area contributed by atoms with Gasteiger partial charge in [0, 0.05) is 33.4 Å². The van der Waals surface area contributed by atoms with E-state index in [0.29, 0.717) is 30.5 Å². The smallest absolute Gasteiger partial charge is 0.405 e. The minimum Gasteiger partial charge on any atom is -0.405 e. The molecule has 0 bridgehead atoms. The van der Waals surface area contributed by atoms with Crippen molar-refractivity contribution < 1.29 is 14.3 Å². The van der Waals surface area contributed by atoms with Gasteiger partial charge in [0.05, 0.1) is 18.8 Å². The van der Waals surface area contributed by atoms with Crippen LogP contribution in [-0.2, 0) is 24.7 Å². The molecule has 172 valence electrons. The third-order valence-corrected chi connectivity index (χ3v) is 5.52. The van der Waals surface area contributed by atoms with E-state index in [4.69, 9.17) is 16.3 Å². The summed E-state index contributed by atoms with van der Waals surface area (Å²) in [6, 6.07) is 5.88. The number of likely N-dealkylation sites (N-methyl/N-ethyl adjacent to an activating group) is 1. The topological polar surface area (TPSA) is 126 Å². The summed E-state index contributed by atoms with van der Waals surface area (Å²) in [7, 11) is 4.96. The van der Waals surface area contributed by atoms with Crippen molar-refractivity contribution in [1.82, 2.24) is 30.0 Å². The van der Waals surface area contributed by atoms with Crippen molar-refractivity contribution in [3.8, 4) is 5.75 Å². The first kappa shape index (κ1) is 22.3. The molecule has 0 unspecified atom stereocenters. The lowest BCUT2D eigenvalue weighted by atomic mass is 10.0. The number of hydrogen-bond acceptors (Lipinski definition) is 8. The Kier molecular flexibility index (Phi) is 6.31. The van der Waals surface area contributed by atoms with Crippen molar-refractivity contribution >= 4 is 46.9 Å².